The number of aliphatic hydroxyl groups is 1. The van der Waals surface area contributed by atoms with E-state index < -0.39 is 10.0 Å². The minimum absolute atomic E-state index is 0.0200. The predicted molar refractivity (Wildman–Crippen MR) is 158 cm³/mol. The van der Waals surface area contributed by atoms with Crippen LogP contribution in [0.1, 0.15) is 56.0 Å². The van der Waals surface area contributed by atoms with Crippen molar-refractivity contribution in [2.24, 2.45) is 0 Å². The van der Waals surface area contributed by atoms with Crippen molar-refractivity contribution in [2.75, 3.05) is 38.1 Å². The van der Waals surface area contributed by atoms with E-state index in [9.17, 15) is 18.3 Å². The largest absolute Gasteiger partial charge is 0.493 e. The Morgan fingerprint density at radius 3 is 2.22 bits per heavy atom. The lowest BCUT2D eigenvalue weighted by Gasteiger charge is -2.27. The number of nitrogens with one attached hydrogen (secondary N) is 1. The maximum atomic E-state index is 13.6. The third kappa shape index (κ3) is 7.31. The zero-order chi connectivity index (χ0) is 29.6. The standard InChI is InChI=1S/C31H38N2O7S/c1-31(2,3)23-12-14-24(15-13-23)41(36,37)32-25-20-22(30(35)33-16-8-5-9-17-33)21-28(39-19-18-34)29(25)40-27-11-7-6-10-26(27)38-4/h6-7,10-15,20-21,32,34H,5,8-9,16-19H2,1-4H3. The summed E-state index contributed by atoms with van der Waals surface area (Å²) in [6.07, 6.45) is 2.86. The van der Waals surface area contributed by atoms with Gasteiger partial charge in [0.25, 0.3) is 15.9 Å². The molecule has 1 fully saturated rings. The number of ether oxygens (including phenoxy) is 3. The summed E-state index contributed by atoms with van der Waals surface area (Å²) in [4.78, 5) is 15.3. The second kappa shape index (κ2) is 12.8. The topological polar surface area (TPSA) is 114 Å². The molecule has 4 rings (SSSR count). The number of nitrogens with zero attached hydrogens (tertiary/aromatic N) is 1. The van der Waals surface area contributed by atoms with Gasteiger partial charge in [-0.2, -0.15) is 0 Å². The molecule has 0 atom stereocenters. The van der Waals surface area contributed by atoms with Crippen molar-refractivity contribution < 1.29 is 32.5 Å². The Bertz CT molecular complexity index is 1460. The summed E-state index contributed by atoms with van der Waals surface area (Å²) in [5.74, 6) is 0.633. The first-order valence-electron chi connectivity index (χ1n) is 13.7. The normalized spacial score (nSPS) is 13.9. The number of anilines is 1. The quantitative estimate of drug-likeness (QED) is 0.321. The van der Waals surface area contributed by atoms with Crippen LogP contribution in [0.25, 0.3) is 0 Å². The summed E-state index contributed by atoms with van der Waals surface area (Å²) in [7, 11) is -2.61. The molecule has 9 nitrogen and oxygen atoms in total. The molecule has 0 bridgehead atoms. The molecule has 1 heterocycles. The number of rotatable bonds is 10. The van der Waals surface area contributed by atoms with Gasteiger partial charge in [-0.05, 0) is 66.6 Å². The van der Waals surface area contributed by atoms with Crippen molar-refractivity contribution in [3.05, 3.63) is 71.8 Å². The van der Waals surface area contributed by atoms with Gasteiger partial charge in [0.2, 0.25) is 0 Å². The molecule has 10 heteroatoms. The van der Waals surface area contributed by atoms with Gasteiger partial charge in [0.05, 0.1) is 24.3 Å². The number of carbonyl (C=O) groups excluding carboxylic acids is 1. The number of benzene rings is 3. The Hall–Kier alpha value is -3.76. The molecule has 0 radical (unpaired) electrons. The van der Waals surface area contributed by atoms with Gasteiger partial charge < -0.3 is 24.2 Å². The molecule has 1 saturated heterocycles. The molecule has 41 heavy (non-hydrogen) atoms. The Morgan fingerprint density at radius 1 is 0.951 bits per heavy atom. The van der Waals surface area contributed by atoms with Crippen molar-refractivity contribution in [3.8, 4) is 23.0 Å². The SMILES string of the molecule is COc1ccccc1Oc1c(NS(=O)(=O)c2ccc(C(C)(C)C)cc2)cc(C(=O)N2CCCCC2)cc1OCCO. The summed E-state index contributed by atoms with van der Waals surface area (Å²) in [5, 5.41) is 9.48. The molecule has 0 unspecified atom stereocenters. The van der Waals surface area contributed by atoms with Crippen LogP contribution in [0, 0.1) is 0 Å². The monoisotopic (exact) mass is 582 g/mol. The lowest BCUT2D eigenvalue weighted by Crippen LogP contribution is -2.35. The minimum Gasteiger partial charge on any atom is -0.493 e. The van der Waals surface area contributed by atoms with Crippen molar-refractivity contribution in [1.29, 1.82) is 0 Å². The molecule has 1 aliphatic heterocycles. The Kier molecular flexibility index (Phi) is 9.45. The molecule has 0 aromatic heterocycles. The highest BCUT2D eigenvalue weighted by Crippen LogP contribution is 2.43. The number of carbonyl (C=O) groups is 1. The molecule has 0 spiro atoms. The summed E-state index contributed by atoms with van der Waals surface area (Å²) < 4.78 is 47.3. The van der Waals surface area contributed by atoms with E-state index in [4.69, 9.17) is 14.2 Å². The van der Waals surface area contributed by atoms with Crippen LogP contribution in [0.3, 0.4) is 0 Å². The zero-order valence-electron chi connectivity index (χ0n) is 24.0. The Balaban J connectivity index is 1.82. The highest BCUT2D eigenvalue weighted by atomic mass is 32.2. The van der Waals surface area contributed by atoms with Gasteiger partial charge in [-0.15, -0.1) is 0 Å². The fraction of sp³-hybridized carbons (Fsp3) is 0.387. The second-order valence-electron chi connectivity index (χ2n) is 10.9. The average molecular weight is 583 g/mol. The van der Waals surface area contributed by atoms with Gasteiger partial charge in [0, 0.05) is 18.7 Å². The first-order valence-corrected chi connectivity index (χ1v) is 15.2. The summed E-state index contributed by atoms with van der Waals surface area (Å²) in [6.45, 7) is 7.00. The summed E-state index contributed by atoms with van der Waals surface area (Å²) >= 11 is 0. The first kappa shape index (κ1) is 30.2. The molecular weight excluding hydrogens is 544 g/mol. The Morgan fingerprint density at radius 2 is 1.61 bits per heavy atom. The third-order valence-corrected chi connectivity index (χ3v) is 8.23. The molecule has 1 amide bonds. The number of likely N-dealkylation sites (tertiary alicyclic amines) is 1. The van der Waals surface area contributed by atoms with Gasteiger partial charge in [-0.3, -0.25) is 9.52 Å². The van der Waals surface area contributed by atoms with E-state index in [1.54, 1.807) is 53.4 Å². The van der Waals surface area contributed by atoms with Crippen LogP contribution in [-0.2, 0) is 15.4 Å². The van der Waals surface area contributed by atoms with Crippen LogP contribution >= 0.6 is 0 Å². The number of sulfonamides is 1. The maximum Gasteiger partial charge on any atom is 0.262 e. The number of piperidine rings is 1. The smallest absolute Gasteiger partial charge is 0.262 e. The molecule has 2 N–H and O–H groups in total. The highest BCUT2D eigenvalue weighted by Gasteiger charge is 2.26. The van der Waals surface area contributed by atoms with E-state index in [-0.39, 0.29) is 52.2 Å². The van der Waals surface area contributed by atoms with Gasteiger partial charge in [0.15, 0.2) is 23.0 Å². The number of para-hydroxylation sites is 2. The lowest BCUT2D eigenvalue weighted by molar-refractivity contribution is 0.0723. The molecule has 3 aromatic carbocycles. The fourth-order valence-corrected chi connectivity index (χ4v) is 5.65. The molecule has 1 aliphatic rings. The number of methoxy groups -OCH3 is 1. The van der Waals surface area contributed by atoms with Crippen molar-refractivity contribution in [2.45, 2.75) is 50.3 Å². The van der Waals surface area contributed by atoms with Crippen molar-refractivity contribution in [3.63, 3.8) is 0 Å². The van der Waals surface area contributed by atoms with Gasteiger partial charge in [0.1, 0.15) is 6.61 Å². The molecule has 0 saturated carbocycles. The maximum absolute atomic E-state index is 13.6. The van der Waals surface area contributed by atoms with E-state index in [2.05, 4.69) is 25.5 Å². The van der Waals surface area contributed by atoms with Crippen LogP contribution in [0.2, 0.25) is 0 Å². The lowest BCUT2D eigenvalue weighted by atomic mass is 9.87. The summed E-state index contributed by atoms with van der Waals surface area (Å²) in [6, 6.07) is 16.6. The van der Waals surface area contributed by atoms with Crippen LogP contribution < -0.4 is 18.9 Å². The number of hydrogen-bond donors (Lipinski definition) is 2. The minimum atomic E-state index is -4.10. The van der Waals surface area contributed by atoms with Crippen LogP contribution in [0.4, 0.5) is 5.69 Å². The van der Waals surface area contributed by atoms with E-state index in [1.807, 2.05) is 0 Å². The number of hydrogen-bond acceptors (Lipinski definition) is 7. The van der Waals surface area contributed by atoms with Crippen LogP contribution in [0.15, 0.2) is 65.6 Å². The average Bonchev–Trinajstić information content (AvgIpc) is 2.97. The number of aliphatic hydroxyl groups excluding tert-OH is 1. The Labute approximate surface area is 242 Å². The molecular formula is C31H38N2O7S. The molecule has 3 aromatic rings. The van der Waals surface area contributed by atoms with Crippen molar-refractivity contribution in [1.82, 2.24) is 4.90 Å². The molecule has 0 aliphatic carbocycles. The summed E-state index contributed by atoms with van der Waals surface area (Å²) in [5.41, 5.74) is 1.11. The molecule has 220 valence electrons. The van der Waals surface area contributed by atoms with Gasteiger partial charge in [-0.25, -0.2) is 8.42 Å². The zero-order valence-corrected chi connectivity index (χ0v) is 24.8. The van der Waals surface area contributed by atoms with E-state index in [1.165, 1.54) is 19.2 Å². The van der Waals surface area contributed by atoms with Gasteiger partial charge in [-0.1, -0.05) is 45.0 Å². The van der Waals surface area contributed by atoms with E-state index >= 15 is 0 Å². The first-order chi connectivity index (χ1) is 19.5. The van der Waals surface area contributed by atoms with Gasteiger partial charge >= 0.3 is 0 Å². The predicted octanol–water partition coefficient (Wildman–Crippen LogP) is 5.58. The van der Waals surface area contributed by atoms with E-state index in [0.29, 0.717) is 24.6 Å². The second-order valence-corrected chi connectivity index (χ2v) is 12.6. The van der Waals surface area contributed by atoms with E-state index in [0.717, 1.165) is 24.8 Å². The fourth-order valence-electron chi connectivity index (χ4n) is 4.60. The number of amides is 1. The van der Waals surface area contributed by atoms with Crippen LogP contribution in [0.5, 0.6) is 23.0 Å². The van der Waals surface area contributed by atoms with Crippen LogP contribution in [-0.4, -0.2) is 57.7 Å². The van der Waals surface area contributed by atoms with Crippen molar-refractivity contribution >= 4 is 21.6 Å². The third-order valence-electron chi connectivity index (χ3n) is 6.85. The highest BCUT2D eigenvalue weighted by molar-refractivity contribution is 7.92.